The fraction of sp³-hybridized carbons (Fsp3) is 0.300. The van der Waals surface area contributed by atoms with Crippen LogP contribution in [0.3, 0.4) is 0 Å². The topological polar surface area (TPSA) is 41.1 Å². The fourth-order valence-electron chi connectivity index (χ4n) is 0.980. The van der Waals surface area contributed by atoms with Crippen LogP contribution in [-0.2, 0) is 4.79 Å². The number of anilines is 1. The van der Waals surface area contributed by atoms with E-state index in [0.717, 1.165) is 0 Å². The van der Waals surface area contributed by atoms with E-state index in [4.69, 9.17) is 23.2 Å². The second kappa shape index (κ2) is 5.35. The summed E-state index contributed by atoms with van der Waals surface area (Å²) in [5.74, 6) is -0.174. The summed E-state index contributed by atoms with van der Waals surface area (Å²) in [5.41, 5.74) is 0.452. The summed E-state index contributed by atoms with van der Waals surface area (Å²) < 4.78 is 0. The third-order valence-electron chi connectivity index (χ3n) is 2.04. The highest BCUT2D eigenvalue weighted by Crippen LogP contribution is 2.29. The van der Waals surface area contributed by atoms with Crippen molar-refractivity contribution in [2.45, 2.75) is 13.0 Å². The summed E-state index contributed by atoms with van der Waals surface area (Å²) in [5, 5.41) is 6.35. The zero-order valence-corrected chi connectivity index (χ0v) is 9.99. The highest BCUT2D eigenvalue weighted by molar-refractivity contribution is 6.39. The lowest BCUT2D eigenvalue weighted by molar-refractivity contribution is -0.117. The molecule has 82 valence electrons. The van der Waals surface area contributed by atoms with Crippen molar-refractivity contribution in [3.05, 3.63) is 28.2 Å². The summed E-state index contributed by atoms with van der Waals surface area (Å²) in [6.45, 7) is 1.75. The number of hydrogen-bond acceptors (Lipinski definition) is 2. The molecular weight excluding hydrogens is 235 g/mol. The van der Waals surface area contributed by atoms with Crippen LogP contribution in [-0.4, -0.2) is 19.0 Å². The molecule has 1 amide bonds. The molecule has 15 heavy (non-hydrogen) atoms. The molecule has 3 nitrogen and oxygen atoms in total. The second-order valence-corrected chi connectivity index (χ2v) is 3.91. The van der Waals surface area contributed by atoms with Gasteiger partial charge >= 0.3 is 0 Å². The second-order valence-electron chi connectivity index (χ2n) is 3.10. The lowest BCUT2D eigenvalue weighted by atomic mass is 10.2. The number of amides is 1. The minimum absolute atomic E-state index is 0.174. The van der Waals surface area contributed by atoms with Crippen molar-refractivity contribution in [1.29, 1.82) is 0 Å². The highest BCUT2D eigenvalue weighted by Gasteiger charge is 2.13. The zero-order valence-electron chi connectivity index (χ0n) is 8.47. The Morgan fingerprint density at radius 2 is 1.87 bits per heavy atom. The van der Waals surface area contributed by atoms with E-state index in [1.807, 2.05) is 0 Å². The van der Waals surface area contributed by atoms with Crippen LogP contribution in [0.4, 0.5) is 5.69 Å². The Hall–Kier alpha value is -0.770. The van der Waals surface area contributed by atoms with E-state index in [1.54, 1.807) is 32.2 Å². The van der Waals surface area contributed by atoms with Gasteiger partial charge in [-0.1, -0.05) is 29.3 Å². The van der Waals surface area contributed by atoms with Gasteiger partial charge in [0.05, 0.1) is 21.8 Å². The number of para-hydroxylation sites is 1. The van der Waals surface area contributed by atoms with Crippen molar-refractivity contribution >= 4 is 34.8 Å². The minimum Gasteiger partial charge on any atom is -0.322 e. The number of carbonyl (C=O) groups is 1. The molecule has 0 aliphatic carbocycles. The van der Waals surface area contributed by atoms with Crippen molar-refractivity contribution in [2.75, 3.05) is 12.4 Å². The number of halogens is 2. The van der Waals surface area contributed by atoms with Gasteiger partial charge in [-0.15, -0.1) is 0 Å². The average molecular weight is 247 g/mol. The number of likely N-dealkylation sites (N-methyl/N-ethyl adjacent to an activating group) is 1. The lowest BCUT2D eigenvalue weighted by Gasteiger charge is -2.13. The summed E-state index contributed by atoms with van der Waals surface area (Å²) in [7, 11) is 1.71. The maximum atomic E-state index is 11.6. The SMILES string of the molecule is CNC(C)C(=O)Nc1c(Cl)cccc1Cl. The molecule has 0 aromatic heterocycles. The predicted octanol–water partition coefficient (Wildman–Crippen LogP) is 2.54. The average Bonchev–Trinajstić information content (AvgIpc) is 2.22. The molecule has 0 aliphatic rings. The molecule has 1 unspecified atom stereocenters. The number of rotatable bonds is 3. The first kappa shape index (κ1) is 12.3. The van der Waals surface area contributed by atoms with Crippen molar-refractivity contribution in [1.82, 2.24) is 5.32 Å². The van der Waals surface area contributed by atoms with Crippen molar-refractivity contribution in [3.63, 3.8) is 0 Å². The minimum atomic E-state index is -0.294. The van der Waals surface area contributed by atoms with Crippen LogP contribution < -0.4 is 10.6 Å². The molecular formula is C10H12Cl2N2O. The van der Waals surface area contributed by atoms with Gasteiger partial charge in [0.2, 0.25) is 5.91 Å². The van der Waals surface area contributed by atoms with E-state index in [1.165, 1.54) is 0 Å². The van der Waals surface area contributed by atoms with Gasteiger partial charge in [0.1, 0.15) is 0 Å². The van der Waals surface area contributed by atoms with Gasteiger partial charge in [-0.2, -0.15) is 0 Å². The molecule has 0 saturated heterocycles. The molecule has 0 radical (unpaired) electrons. The molecule has 1 aromatic carbocycles. The standard InChI is InChI=1S/C10H12Cl2N2O/c1-6(13-2)10(15)14-9-7(11)4-3-5-8(9)12/h3-6,13H,1-2H3,(H,14,15). The Morgan fingerprint density at radius 3 is 2.33 bits per heavy atom. The monoisotopic (exact) mass is 246 g/mol. The molecule has 1 atom stereocenters. The highest BCUT2D eigenvalue weighted by atomic mass is 35.5. The van der Waals surface area contributed by atoms with Crippen LogP contribution in [0.5, 0.6) is 0 Å². The smallest absolute Gasteiger partial charge is 0.241 e. The van der Waals surface area contributed by atoms with Gasteiger partial charge in [0, 0.05) is 0 Å². The Balaban J connectivity index is 2.85. The van der Waals surface area contributed by atoms with E-state index in [9.17, 15) is 4.79 Å². The predicted molar refractivity (Wildman–Crippen MR) is 63.6 cm³/mol. The van der Waals surface area contributed by atoms with Gasteiger partial charge in [0.25, 0.3) is 0 Å². The zero-order chi connectivity index (χ0) is 11.4. The van der Waals surface area contributed by atoms with Crippen molar-refractivity contribution in [3.8, 4) is 0 Å². The molecule has 5 heteroatoms. The molecule has 0 heterocycles. The number of carbonyl (C=O) groups excluding carboxylic acids is 1. The number of nitrogens with one attached hydrogen (secondary N) is 2. The van der Waals surface area contributed by atoms with Gasteiger partial charge in [-0.3, -0.25) is 4.79 Å². The number of hydrogen-bond donors (Lipinski definition) is 2. The summed E-state index contributed by atoms with van der Waals surface area (Å²) in [6.07, 6.45) is 0. The largest absolute Gasteiger partial charge is 0.322 e. The molecule has 0 fully saturated rings. The van der Waals surface area contributed by atoms with Crippen LogP contribution in [0.1, 0.15) is 6.92 Å². The summed E-state index contributed by atoms with van der Waals surface area (Å²) in [6, 6.07) is 4.78. The maximum absolute atomic E-state index is 11.6. The third kappa shape index (κ3) is 3.09. The molecule has 0 saturated carbocycles. The quantitative estimate of drug-likeness (QED) is 0.861. The van der Waals surface area contributed by atoms with E-state index in [-0.39, 0.29) is 11.9 Å². The number of benzene rings is 1. The van der Waals surface area contributed by atoms with Crippen LogP contribution >= 0.6 is 23.2 Å². The maximum Gasteiger partial charge on any atom is 0.241 e. The molecule has 0 spiro atoms. The molecule has 0 aliphatic heterocycles. The summed E-state index contributed by atoms with van der Waals surface area (Å²) >= 11 is 11.8. The van der Waals surface area contributed by atoms with Gasteiger partial charge in [-0.05, 0) is 26.1 Å². The Morgan fingerprint density at radius 1 is 1.33 bits per heavy atom. The first-order valence-electron chi connectivity index (χ1n) is 4.48. The first-order chi connectivity index (χ1) is 7.06. The molecule has 1 rings (SSSR count). The van der Waals surface area contributed by atoms with E-state index in [0.29, 0.717) is 15.7 Å². The van der Waals surface area contributed by atoms with Gasteiger partial charge in [0.15, 0.2) is 0 Å². The van der Waals surface area contributed by atoms with Crippen LogP contribution in [0.15, 0.2) is 18.2 Å². The van der Waals surface area contributed by atoms with Gasteiger partial charge < -0.3 is 10.6 Å². The molecule has 1 aromatic rings. The first-order valence-corrected chi connectivity index (χ1v) is 5.24. The molecule has 0 bridgehead atoms. The Kier molecular flexibility index (Phi) is 4.39. The Bertz CT molecular complexity index is 348. The van der Waals surface area contributed by atoms with Crippen molar-refractivity contribution in [2.24, 2.45) is 0 Å². The van der Waals surface area contributed by atoms with Gasteiger partial charge in [-0.25, -0.2) is 0 Å². The molecule has 2 N–H and O–H groups in total. The van der Waals surface area contributed by atoms with E-state index >= 15 is 0 Å². The third-order valence-corrected chi connectivity index (χ3v) is 2.67. The van der Waals surface area contributed by atoms with Crippen molar-refractivity contribution < 1.29 is 4.79 Å². The van der Waals surface area contributed by atoms with Crippen LogP contribution in [0.25, 0.3) is 0 Å². The van der Waals surface area contributed by atoms with Crippen LogP contribution in [0.2, 0.25) is 10.0 Å². The Labute approximate surface area is 98.8 Å². The summed E-state index contributed by atoms with van der Waals surface area (Å²) in [4.78, 5) is 11.6. The van der Waals surface area contributed by atoms with E-state index < -0.39 is 0 Å². The van der Waals surface area contributed by atoms with E-state index in [2.05, 4.69) is 10.6 Å². The normalized spacial score (nSPS) is 12.3. The van der Waals surface area contributed by atoms with Crippen LogP contribution in [0, 0.1) is 0 Å². The lowest BCUT2D eigenvalue weighted by Crippen LogP contribution is -2.35. The fourth-order valence-corrected chi connectivity index (χ4v) is 1.47.